The third kappa shape index (κ3) is 4.26. The molecule has 5 aromatic rings. The Morgan fingerprint density at radius 2 is 1.67 bits per heavy atom. The number of rotatable bonds is 6. The predicted octanol–water partition coefficient (Wildman–Crippen LogP) is 4.70. The number of fused-ring (bicyclic) bond motifs is 1. The number of aromatic nitrogens is 4. The number of nitrogens with one attached hydrogen (secondary N) is 1. The van der Waals surface area contributed by atoms with Crippen LogP contribution in [0, 0.1) is 6.92 Å². The number of aryl methyl sites for hydroxylation is 1. The first-order chi connectivity index (χ1) is 16.0. The highest BCUT2D eigenvalue weighted by molar-refractivity contribution is 7.92. The Labute approximate surface area is 191 Å². The first-order valence-electron chi connectivity index (χ1n) is 10.2. The molecule has 33 heavy (non-hydrogen) atoms. The molecule has 0 aliphatic carbocycles. The smallest absolute Gasteiger partial charge is 0.261 e. The van der Waals surface area contributed by atoms with E-state index in [0.29, 0.717) is 17.2 Å². The summed E-state index contributed by atoms with van der Waals surface area (Å²) in [5, 5.41) is 4.20. The van der Waals surface area contributed by atoms with Crippen molar-refractivity contribution in [2.75, 3.05) is 9.62 Å². The number of anilines is 4. The Hall–Kier alpha value is -4.24. The lowest BCUT2D eigenvalue weighted by atomic mass is 10.2. The van der Waals surface area contributed by atoms with Gasteiger partial charge in [-0.15, -0.1) is 0 Å². The zero-order chi connectivity index (χ0) is 22.8. The Morgan fingerprint density at radius 3 is 2.39 bits per heavy atom. The van der Waals surface area contributed by atoms with Crippen molar-refractivity contribution in [3.05, 3.63) is 103 Å². The minimum atomic E-state index is -3.68. The first-order valence-corrected chi connectivity index (χ1v) is 11.7. The van der Waals surface area contributed by atoms with Crippen LogP contribution in [-0.2, 0) is 10.0 Å². The summed E-state index contributed by atoms with van der Waals surface area (Å²) in [4.78, 5) is 11.1. The first kappa shape index (κ1) is 20.7. The van der Waals surface area contributed by atoms with Crippen LogP contribution in [0.1, 0.15) is 5.56 Å². The van der Waals surface area contributed by atoms with Crippen molar-refractivity contribution >= 4 is 38.6 Å². The summed E-state index contributed by atoms with van der Waals surface area (Å²) in [6.07, 6.45) is 6.98. The summed E-state index contributed by atoms with van der Waals surface area (Å²) in [5.74, 6) is 0.684. The molecule has 3 heterocycles. The van der Waals surface area contributed by atoms with Crippen molar-refractivity contribution in [1.82, 2.24) is 19.6 Å². The highest BCUT2D eigenvalue weighted by Crippen LogP contribution is 2.33. The topological polar surface area (TPSA) is 92.5 Å². The zero-order valence-electron chi connectivity index (χ0n) is 17.7. The van der Waals surface area contributed by atoms with Crippen LogP contribution >= 0.6 is 0 Å². The Morgan fingerprint density at radius 1 is 0.879 bits per heavy atom. The molecule has 0 saturated heterocycles. The van der Waals surface area contributed by atoms with E-state index >= 15 is 0 Å². The van der Waals surface area contributed by atoms with Gasteiger partial charge >= 0.3 is 0 Å². The quantitative estimate of drug-likeness (QED) is 0.398. The van der Waals surface area contributed by atoms with Crippen LogP contribution in [0.4, 0.5) is 22.9 Å². The second-order valence-electron chi connectivity index (χ2n) is 7.43. The predicted molar refractivity (Wildman–Crippen MR) is 127 cm³/mol. The molecule has 0 fully saturated rings. The number of sulfonamides is 1. The molecule has 5 rings (SSSR count). The van der Waals surface area contributed by atoms with Gasteiger partial charge in [0.2, 0.25) is 0 Å². The van der Waals surface area contributed by atoms with Crippen LogP contribution in [0.15, 0.2) is 102 Å². The third-order valence-electron chi connectivity index (χ3n) is 5.09. The van der Waals surface area contributed by atoms with E-state index in [2.05, 4.69) is 14.8 Å². The van der Waals surface area contributed by atoms with Gasteiger partial charge in [-0.1, -0.05) is 17.7 Å². The average molecular weight is 457 g/mol. The van der Waals surface area contributed by atoms with E-state index < -0.39 is 10.0 Å². The minimum Gasteiger partial charge on any atom is -0.293 e. The number of hydrogen-bond acceptors (Lipinski definition) is 6. The number of pyridine rings is 1. The summed E-state index contributed by atoms with van der Waals surface area (Å²) in [6.45, 7) is 1.91. The van der Waals surface area contributed by atoms with Gasteiger partial charge in [0.05, 0.1) is 23.0 Å². The molecule has 2 aromatic carbocycles. The molecule has 0 spiro atoms. The number of nitrogens with zero attached hydrogens (tertiary/aromatic N) is 5. The summed E-state index contributed by atoms with van der Waals surface area (Å²) in [6, 6.07) is 21.3. The Kier molecular flexibility index (Phi) is 5.23. The largest absolute Gasteiger partial charge is 0.293 e. The van der Waals surface area contributed by atoms with Gasteiger partial charge in [-0.05, 0) is 61.5 Å². The SMILES string of the molecule is Cc1ccc(S(=O)(=O)Nc2ccc(N(c3cccnc3)c3ccn4nccc4n3)cc2)cc1. The Balaban J connectivity index is 1.48. The van der Waals surface area contributed by atoms with Gasteiger partial charge in [-0.3, -0.25) is 14.6 Å². The van der Waals surface area contributed by atoms with E-state index in [0.717, 1.165) is 16.9 Å². The highest BCUT2D eigenvalue weighted by atomic mass is 32.2. The van der Waals surface area contributed by atoms with Crippen LogP contribution in [0.25, 0.3) is 5.65 Å². The van der Waals surface area contributed by atoms with Crippen molar-refractivity contribution in [3.8, 4) is 0 Å². The maximum Gasteiger partial charge on any atom is 0.261 e. The van der Waals surface area contributed by atoms with Crippen LogP contribution < -0.4 is 9.62 Å². The molecule has 3 aromatic heterocycles. The summed E-state index contributed by atoms with van der Waals surface area (Å²) >= 11 is 0. The summed E-state index contributed by atoms with van der Waals surface area (Å²) < 4.78 is 29.8. The molecule has 0 unspecified atom stereocenters. The van der Waals surface area contributed by atoms with E-state index in [1.807, 2.05) is 54.4 Å². The lowest BCUT2D eigenvalue weighted by Crippen LogP contribution is -2.14. The maximum absolute atomic E-state index is 12.7. The van der Waals surface area contributed by atoms with E-state index in [9.17, 15) is 8.42 Å². The molecule has 1 N–H and O–H groups in total. The third-order valence-corrected chi connectivity index (χ3v) is 6.48. The van der Waals surface area contributed by atoms with E-state index in [1.54, 1.807) is 59.5 Å². The lowest BCUT2D eigenvalue weighted by Gasteiger charge is -2.24. The van der Waals surface area contributed by atoms with Crippen molar-refractivity contribution in [2.45, 2.75) is 11.8 Å². The van der Waals surface area contributed by atoms with Crippen molar-refractivity contribution in [1.29, 1.82) is 0 Å². The molecule has 0 aliphatic rings. The molecular formula is C24H20N6O2S. The van der Waals surface area contributed by atoms with E-state index in [1.165, 1.54) is 0 Å². The van der Waals surface area contributed by atoms with Gasteiger partial charge in [-0.2, -0.15) is 5.10 Å². The second kappa shape index (κ2) is 8.36. The fourth-order valence-electron chi connectivity index (χ4n) is 3.44. The Bertz CT molecular complexity index is 1500. The second-order valence-corrected chi connectivity index (χ2v) is 9.11. The van der Waals surface area contributed by atoms with Gasteiger partial charge in [0.1, 0.15) is 5.82 Å². The van der Waals surface area contributed by atoms with Gasteiger partial charge in [0, 0.05) is 29.8 Å². The van der Waals surface area contributed by atoms with Crippen LogP contribution in [0.3, 0.4) is 0 Å². The maximum atomic E-state index is 12.7. The molecule has 0 saturated carbocycles. The fourth-order valence-corrected chi connectivity index (χ4v) is 4.50. The summed E-state index contributed by atoms with van der Waals surface area (Å²) in [7, 11) is -3.68. The molecule has 0 radical (unpaired) electrons. The molecule has 8 nitrogen and oxygen atoms in total. The highest BCUT2D eigenvalue weighted by Gasteiger charge is 2.17. The van der Waals surface area contributed by atoms with Gasteiger partial charge in [-0.25, -0.2) is 17.9 Å². The fraction of sp³-hybridized carbons (Fsp3) is 0.0417. The summed E-state index contributed by atoms with van der Waals surface area (Å²) in [5.41, 5.74) is 3.80. The van der Waals surface area contributed by atoms with Crippen LogP contribution in [-0.4, -0.2) is 28.0 Å². The molecular weight excluding hydrogens is 436 g/mol. The van der Waals surface area contributed by atoms with E-state index in [-0.39, 0.29) is 4.90 Å². The molecule has 164 valence electrons. The van der Waals surface area contributed by atoms with Crippen molar-refractivity contribution in [2.24, 2.45) is 0 Å². The number of hydrogen-bond donors (Lipinski definition) is 1. The average Bonchev–Trinajstić information content (AvgIpc) is 3.29. The zero-order valence-corrected chi connectivity index (χ0v) is 18.5. The van der Waals surface area contributed by atoms with Crippen molar-refractivity contribution < 1.29 is 8.42 Å². The minimum absolute atomic E-state index is 0.215. The van der Waals surface area contributed by atoms with Crippen LogP contribution in [0.5, 0.6) is 0 Å². The monoisotopic (exact) mass is 456 g/mol. The standard InChI is InChI=1S/C24H20N6O2S/c1-18-4-10-22(11-5-18)33(31,32)28-19-6-8-20(9-7-19)30(21-3-2-14-25-17-21)24-13-16-29-23(27-24)12-15-26-29/h2-17,28H,1H3. The normalized spacial score (nSPS) is 11.4. The van der Waals surface area contributed by atoms with Gasteiger partial charge in [0.25, 0.3) is 10.0 Å². The van der Waals surface area contributed by atoms with Gasteiger partial charge in [0.15, 0.2) is 5.65 Å². The molecule has 0 atom stereocenters. The molecule has 0 aliphatic heterocycles. The lowest BCUT2D eigenvalue weighted by molar-refractivity contribution is 0.601. The van der Waals surface area contributed by atoms with Gasteiger partial charge < -0.3 is 0 Å². The number of benzene rings is 2. The molecule has 0 bridgehead atoms. The van der Waals surface area contributed by atoms with Crippen LogP contribution in [0.2, 0.25) is 0 Å². The van der Waals surface area contributed by atoms with Crippen molar-refractivity contribution in [3.63, 3.8) is 0 Å². The molecule has 0 amide bonds. The molecule has 9 heteroatoms. The van der Waals surface area contributed by atoms with E-state index in [4.69, 9.17) is 4.98 Å².